The molecular weight excluding hydrogens is 274 g/mol. The molecule has 0 aliphatic carbocycles. The fourth-order valence-electron chi connectivity index (χ4n) is 1.99. The maximum absolute atomic E-state index is 12.2. The summed E-state index contributed by atoms with van der Waals surface area (Å²) in [5, 5.41) is 10.8. The SMILES string of the molecule is Cc1cc(C(=O)COc2cccnc2[N+](=O)[O-])c(C)n1C. The second kappa shape index (κ2) is 5.74. The van der Waals surface area contributed by atoms with E-state index >= 15 is 0 Å². The number of nitrogens with zero attached hydrogens (tertiary/aromatic N) is 3. The van der Waals surface area contributed by atoms with E-state index in [2.05, 4.69) is 4.98 Å². The lowest BCUT2D eigenvalue weighted by molar-refractivity contribution is -0.390. The summed E-state index contributed by atoms with van der Waals surface area (Å²) >= 11 is 0. The van der Waals surface area contributed by atoms with Crippen LogP contribution in [0.4, 0.5) is 5.82 Å². The summed E-state index contributed by atoms with van der Waals surface area (Å²) in [6.07, 6.45) is 1.30. The standard InChI is InChI=1S/C14H15N3O4/c1-9-7-11(10(2)16(9)3)12(18)8-21-13-5-4-6-15-14(13)17(19)20/h4-7H,8H2,1-3H3. The van der Waals surface area contributed by atoms with Crippen molar-refractivity contribution in [2.45, 2.75) is 13.8 Å². The van der Waals surface area contributed by atoms with E-state index in [1.807, 2.05) is 25.5 Å². The first kappa shape index (κ1) is 14.7. The van der Waals surface area contributed by atoms with Crippen LogP contribution in [0.5, 0.6) is 5.75 Å². The average Bonchev–Trinajstić information content (AvgIpc) is 2.72. The summed E-state index contributed by atoms with van der Waals surface area (Å²) in [6.45, 7) is 3.47. The topological polar surface area (TPSA) is 87.3 Å². The van der Waals surface area contributed by atoms with Crippen LogP contribution in [0.1, 0.15) is 21.7 Å². The molecular formula is C14H15N3O4. The molecule has 2 heterocycles. The van der Waals surface area contributed by atoms with Crippen LogP contribution in [-0.2, 0) is 7.05 Å². The molecule has 0 fully saturated rings. The van der Waals surface area contributed by atoms with Gasteiger partial charge in [-0.3, -0.25) is 4.79 Å². The van der Waals surface area contributed by atoms with Crippen LogP contribution in [-0.4, -0.2) is 26.9 Å². The molecule has 0 saturated carbocycles. The van der Waals surface area contributed by atoms with Gasteiger partial charge < -0.3 is 19.4 Å². The number of Topliss-reactive ketones (excluding diaryl/α,β-unsaturated/α-hetero) is 1. The summed E-state index contributed by atoms with van der Waals surface area (Å²) in [5.74, 6) is -0.637. The molecule has 0 amide bonds. The summed E-state index contributed by atoms with van der Waals surface area (Å²) < 4.78 is 7.16. The lowest BCUT2D eigenvalue weighted by Gasteiger charge is -2.05. The Bertz CT molecular complexity index is 706. The monoisotopic (exact) mass is 289 g/mol. The maximum atomic E-state index is 12.2. The number of ether oxygens (including phenoxy) is 1. The Kier molecular flexibility index (Phi) is 4.02. The third-order valence-electron chi connectivity index (χ3n) is 3.36. The number of carbonyl (C=O) groups is 1. The zero-order chi connectivity index (χ0) is 15.6. The van der Waals surface area contributed by atoms with Gasteiger partial charge in [0.2, 0.25) is 11.5 Å². The van der Waals surface area contributed by atoms with Crippen LogP contribution >= 0.6 is 0 Å². The Morgan fingerprint density at radius 1 is 1.48 bits per heavy atom. The van der Waals surface area contributed by atoms with Crippen molar-refractivity contribution in [3.05, 3.63) is 51.5 Å². The maximum Gasteiger partial charge on any atom is 0.406 e. The van der Waals surface area contributed by atoms with E-state index in [9.17, 15) is 14.9 Å². The Labute approximate surface area is 121 Å². The molecule has 0 bridgehead atoms. The van der Waals surface area contributed by atoms with Gasteiger partial charge in [-0.25, -0.2) is 0 Å². The number of aryl methyl sites for hydroxylation is 1. The second-order valence-corrected chi connectivity index (χ2v) is 4.64. The Morgan fingerprint density at radius 3 is 2.76 bits per heavy atom. The van der Waals surface area contributed by atoms with E-state index < -0.39 is 10.7 Å². The molecule has 7 nitrogen and oxygen atoms in total. The minimum atomic E-state index is -0.641. The van der Waals surface area contributed by atoms with Gasteiger partial charge in [-0.1, -0.05) is 0 Å². The van der Waals surface area contributed by atoms with Gasteiger partial charge >= 0.3 is 5.82 Å². The van der Waals surface area contributed by atoms with Gasteiger partial charge in [0.1, 0.15) is 6.20 Å². The fraction of sp³-hybridized carbons (Fsp3) is 0.286. The fourth-order valence-corrected chi connectivity index (χ4v) is 1.99. The lowest BCUT2D eigenvalue weighted by Crippen LogP contribution is -2.13. The number of hydrogen-bond donors (Lipinski definition) is 0. The molecule has 0 spiro atoms. The number of hydrogen-bond acceptors (Lipinski definition) is 5. The molecule has 0 N–H and O–H groups in total. The third kappa shape index (κ3) is 2.91. The molecule has 0 aliphatic heterocycles. The average molecular weight is 289 g/mol. The van der Waals surface area contributed by atoms with E-state index in [0.717, 1.165) is 11.4 Å². The zero-order valence-electron chi connectivity index (χ0n) is 12.0. The molecule has 0 saturated heterocycles. The predicted octanol–water partition coefficient (Wildman–Crippen LogP) is 2.21. The van der Waals surface area contributed by atoms with Crippen molar-refractivity contribution in [1.82, 2.24) is 9.55 Å². The van der Waals surface area contributed by atoms with Gasteiger partial charge in [-0.15, -0.1) is 0 Å². The number of pyridine rings is 1. The highest BCUT2D eigenvalue weighted by atomic mass is 16.6. The molecule has 0 aliphatic rings. The number of ketones is 1. The summed E-state index contributed by atoms with van der Waals surface area (Å²) in [7, 11) is 1.87. The first-order chi connectivity index (χ1) is 9.91. The van der Waals surface area contributed by atoms with Gasteiger partial charge in [-0.05, 0) is 42.0 Å². The molecule has 0 unspecified atom stereocenters. The molecule has 7 heteroatoms. The van der Waals surface area contributed by atoms with Gasteiger partial charge in [0, 0.05) is 24.0 Å². The van der Waals surface area contributed by atoms with Crippen LogP contribution < -0.4 is 4.74 Å². The van der Waals surface area contributed by atoms with E-state index in [0.29, 0.717) is 5.56 Å². The van der Waals surface area contributed by atoms with Crippen molar-refractivity contribution in [1.29, 1.82) is 0 Å². The number of aromatic nitrogens is 2. The molecule has 2 rings (SSSR count). The Balaban J connectivity index is 2.15. The van der Waals surface area contributed by atoms with E-state index in [1.165, 1.54) is 18.3 Å². The molecule has 2 aromatic rings. The Hall–Kier alpha value is -2.70. The van der Waals surface area contributed by atoms with Crippen molar-refractivity contribution in [3.63, 3.8) is 0 Å². The van der Waals surface area contributed by atoms with Crippen LogP contribution in [0, 0.1) is 24.0 Å². The molecule has 0 atom stereocenters. The first-order valence-corrected chi connectivity index (χ1v) is 6.30. The van der Waals surface area contributed by atoms with E-state index in [4.69, 9.17) is 4.74 Å². The minimum absolute atomic E-state index is 0.0128. The van der Waals surface area contributed by atoms with Gasteiger partial charge in [0.25, 0.3) is 0 Å². The van der Waals surface area contributed by atoms with Crippen molar-refractivity contribution >= 4 is 11.6 Å². The molecule has 21 heavy (non-hydrogen) atoms. The number of carbonyl (C=O) groups excluding carboxylic acids is 1. The highest BCUT2D eigenvalue weighted by Crippen LogP contribution is 2.23. The minimum Gasteiger partial charge on any atom is -0.477 e. The van der Waals surface area contributed by atoms with Crippen molar-refractivity contribution in [3.8, 4) is 5.75 Å². The molecule has 110 valence electrons. The quantitative estimate of drug-likeness (QED) is 0.478. The predicted molar refractivity (Wildman–Crippen MR) is 75.6 cm³/mol. The smallest absolute Gasteiger partial charge is 0.406 e. The summed E-state index contributed by atoms with van der Waals surface area (Å²) in [5.41, 5.74) is 2.35. The van der Waals surface area contributed by atoms with Crippen molar-refractivity contribution < 1.29 is 14.5 Å². The highest BCUT2D eigenvalue weighted by Gasteiger charge is 2.19. The van der Waals surface area contributed by atoms with Crippen LogP contribution in [0.2, 0.25) is 0 Å². The van der Waals surface area contributed by atoms with Crippen molar-refractivity contribution in [2.75, 3.05) is 6.61 Å². The summed E-state index contributed by atoms with van der Waals surface area (Å²) in [6, 6.07) is 4.71. The third-order valence-corrected chi connectivity index (χ3v) is 3.36. The number of nitro groups is 1. The van der Waals surface area contributed by atoms with Crippen LogP contribution in [0.3, 0.4) is 0 Å². The second-order valence-electron chi connectivity index (χ2n) is 4.64. The molecule has 0 aromatic carbocycles. The Morgan fingerprint density at radius 2 is 2.19 bits per heavy atom. The van der Waals surface area contributed by atoms with E-state index in [-0.39, 0.29) is 18.1 Å². The van der Waals surface area contributed by atoms with Gasteiger partial charge in [0.15, 0.2) is 6.61 Å². The van der Waals surface area contributed by atoms with Gasteiger partial charge in [-0.2, -0.15) is 0 Å². The van der Waals surface area contributed by atoms with Crippen LogP contribution in [0.15, 0.2) is 24.4 Å². The first-order valence-electron chi connectivity index (χ1n) is 6.30. The van der Waals surface area contributed by atoms with E-state index in [1.54, 1.807) is 6.07 Å². The molecule has 0 radical (unpaired) electrons. The lowest BCUT2D eigenvalue weighted by atomic mass is 10.1. The summed E-state index contributed by atoms with van der Waals surface area (Å²) in [4.78, 5) is 26.0. The number of rotatable bonds is 5. The highest BCUT2D eigenvalue weighted by molar-refractivity contribution is 5.98. The van der Waals surface area contributed by atoms with Crippen LogP contribution in [0.25, 0.3) is 0 Å². The normalized spacial score (nSPS) is 10.4. The zero-order valence-corrected chi connectivity index (χ0v) is 12.0. The largest absolute Gasteiger partial charge is 0.477 e. The van der Waals surface area contributed by atoms with Crippen molar-refractivity contribution in [2.24, 2.45) is 7.05 Å². The van der Waals surface area contributed by atoms with Gasteiger partial charge in [0.05, 0.1) is 0 Å². The molecule has 2 aromatic heterocycles.